The molecule has 124 valence electrons. The molecule has 0 amide bonds. The first-order chi connectivity index (χ1) is 11.7. The van der Waals surface area contributed by atoms with Gasteiger partial charge in [-0.15, -0.1) is 0 Å². The highest BCUT2D eigenvalue weighted by molar-refractivity contribution is 6.34. The monoisotopic (exact) mass is 342 g/mol. The molecule has 6 heteroatoms. The largest absolute Gasteiger partial charge is 0.456 e. The van der Waals surface area contributed by atoms with Gasteiger partial charge in [-0.1, -0.05) is 31.5 Å². The van der Waals surface area contributed by atoms with Crippen molar-refractivity contribution in [2.75, 3.05) is 18.8 Å². The van der Waals surface area contributed by atoms with Crippen molar-refractivity contribution < 1.29 is 4.74 Å². The molecule has 2 heterocycles. The van der Waals surface area contributed by atoms with E-state index in [0.717, 1.165) is 30.2 Å². The summed E-state index contributed by atoms with van der Waals surface area (Å²) in [6.45, 7) is 5.65. The number of anilines is 1. The molecule has 0 radical (unpaired) electrons. The fraction of sp³-hybridized carbons (Fsp3) is 0.222. The number of ether oxygens (including phenoxy) is 1. The molecular weight excluding hydrogens is 324 g/mol. The highest BCUT2D eigenvalue weighted by Crippen LogP contribution is 2.36. The number of fused-ring (bicyclic) bond motifs is 3. The van der Waals surface area contributed by atoms with E-state index in [0.29, 0.717) is 22.2 Å². The zero-order valence-corrected chi connectivity index (χ0v) is 14.4. The zero-order valence-electron chi connectivity index (χ0n) is 13.7. The Bertz CT molecular complexity index is 817. The zero-order chi connectivity index (χ0) is 17.1. The van der Waals surface area contributed by atoms with Crippen molar-refractivity contribution in [1.29, 1.82) is 0 Å². The molecule has 2 aromatic carbocycles. The SMILES string of the molecule is CC.Nc1cccc(Oc2ccc3c(c2)C2=NCCN2C=N3)c1Cl. The number of amidine groups is 1. The topological polar surface area (TPSA) is 63.2 Å². The van der Waals surface area contributed by atoms with Gasteiger partial charge >= 0.3 is 0 Å². The number of benzene rings is 2. The predicted molar refractivity (Wildman–Crippen MR) is 100.0 cm³/mol. The first-order valence-corrected chi connectivity index (χ1v) is 8.32. The summed E-state index contributed by atoms with van der Waals surface area (Å²) in [6.07, 6.45) is 1.82. The van der Waals surface area contributed by atoms with E-state index in [4.69, 9.17) is 22.1 Å². The number of nitrogens with two attached hydrogens (primary N) is 1. The van der Waals surface area contributed by atoms with Gasteiger partial charge in [0.2, 0.25) is 0 Å². The van der Waals surface area contributed by atoms with E-state index in [1.54, 1.807) is 12.1 Å². The van der Waals surface area contributed by atoms with Gasteiger partial charge in [-0.05, 0) is 30.3 Å². The van der Waals surface area contributed by atoms with Crippen LogP contribution >= 0.6 is 11.6 Å². The van der Waals surface area contributed by atoms with Crippen LogP contribution in [0.3, 0.4) is 0 Å². The summed E-state index contributed by atoms with van der Waals surface area (Å²) in [5.41, 5.74) is 8.15. The Balaban J connectivity index is 0.000000815. The number of rotatable bonds is 2. The van der Waals surface area contributed by atoms with Crippen LogP contribution in [0.2, 0.25) is 5.02 Å². The average molecular weight is 343 g/mol. The van der Waals surface area contributed by atoms with Crippen molar-refractivity contribution in [3.8, 4) is 11.5 Å². The van der Waals surface area contributed by atoms with E-state index < -0.39 is 0 Å². The summed E-state index contributed by atoms with van der Waals surface area (Å²) < 4.78 is 5.87. The van der Waals surface area contributed by atoms with Crippen LogP contribution in [0.15, 0.2) is 46.4 Å². The molecule has 0 atom stereocenters. The lowest BCUT2D eigenvalue weighted by atomic mass is 10.1. The van der Waals surface area contributed by atoms with Gasteiger partial charge in [-0.2, -0.15) is 0 Å². The van der Waals surface area contributed by atoms with E-state index in [1.807, 2.05) is 49.4 Å². The summed E-state index contributed by atoms with van der Waals surface area (Å²) in [5, 5.41) is 0.415. The van der Waals surface area contributed by atoms with E-state index in [1.165, 1.54) is 0 Å². The quantitative estimate of drug-likeness (QED) is 0.818. The third-order valence-corrected chi connectivity index (χ3v) is 4.05. The van der Waals surface area contributed by atoms with Crippen molar-refractivity contribution in [3.05, 3.63) is 47.0 Å². The van der Waals surface area contributed by atoms with Crippen LogP contribution in [0.25, 0.3) is 0 Å². The second-order valence-corrected chi connectivity index (χ2v) is 5.46. The summed E-state index contributed by atoms with van der Waals surface area (Å²) >= 11 is 6.17. The van der Waals surface area contributed by atoms with Crippen LogP contribution in [0.4, 0.5) is 11.4 Å². The Morgan fingerprint density at radius 2 is 2.04 bits per heavy atom. The lowest BCUT2D eigenvalue weighted by Crippen LogP contribution is -2.29. The predicted octanol–water partition coefficient (Wildman–Crippen LogP) is 4.48. The fourth-order valence-electron chi connectivity index (χ4n) is 2.55. The Morgan fingerprint density at radius 1 is 1.21 bits per heavy atom. The first kappa shape index (κ1) is 16.3. The minimum absolute atomic E-state index is 0.415. The van der Waals surface area contributed by atoms with E-state index >= 15 is 0 Å². The van der Waals surface area contributed by atoms with Crippen molar-refractivity contribution in [3.63, 3.8) is 0 Å². The second-order valence-electron chi connectivity index (χ2n) is 5.08. The third-order valence-electron chi connectivity index (χ3n) is 3.64. The number of hydrogen-bond donors (Lipinski definition) is 1. The highest BCUT2D eigenvalue weighted by atomic mass is 35.5. The molecule has 0 bridgehead atoms. The fourth-order valence-corrected chi connectivity index (χ4v) is 2.71. The van der Waals surface area contributed by atoms with Crippen molar-refractivity contribution in [2.45, 2.75) is 13.8 Å². The van der Waals surface area contributed by atoms with Crippen LogP contribution in [0.1, 0.15) is 19.4 Å². The molecule has 4 rings (SSSR count). The van der Waals surface area contributed by atoms with Crippen LogP contribution in [-0.4, -0.2) is 30.2 Å². The Morgan fingerprint density at radius 3 is 2.88 bits per heavy atom. The number of aliphatic imine (C=N–C) groups is 2. The molecule has 2 aliphatic heterocycles. The normalized spacial score (nSPS) is 14.3. The third kappa shape index (κ3) is 2.95. The summed E-state index contributed by atoms with van der Waals surface area (Å²) in [4.78, 5) is 11.0. The molecule has 24 heavy (non-hydrogen) atoms. The molecule has 0 fully saturated rings. The van der Waals surface area contributed by atoms with E-state index in [2.05, 4.69) is 9.98 Å². The molecule has 2 aromatic rings. The van der Waals surface area contributed by atoms with Crippen molar-refractivity contribution in [1.82, 2.24) is 4.90 Å². The summed E-state index contributed by atoms with van der Waals surface area (Å²) in [7, 11) is 0. The molecule has 2 aliphatic rings. The molecule has 0 aromatic heterocycles. The lowest BCUT2D eigenvalue weighted by molar-refractivity contribution is 0.483. The Labute approximate surface area is 146 Å². The first-order valence-electron chi connectivity index (χ1n) is 7.94. The van der Waals surface area contributed by atoms with Gasteiger partial charge in [0.25, 0.3) is 0 Å². The minimum Gasteiger partial charge on any atom is -0.456 e. The van der Waals surface area contributed by atoms with Gasteiger partial charge in [0.05, 0.1) is 24.3 Å². The van der Waals surface area contributed by atoms with Gasteiger partial charge in [-0.3, -0.25) is 4.99 Å². The van der Waals surface area contributed by atoms with Gasteiger partial charge in [0.15, 0.2) is 0 Å². The molecule has 0 saturated carbocycles. The van der Waals surface area contributed by atoms with Crippen molar-refractivity contribution in [2.24, 2.45) is 9.98 Å². The second kappa shape index (κ2) is 6.93. The van der Waals surface area contributed by atoms with E-state index in [9.17, 15) is 0 Å². The smallest absolute Gasteiger partial charge is 0.148 e. The van der Waals surface area contributed by atoms with Crippen LogP contribution in [-0.2, 0) is 0 Å². The summed E-state index contributed by atoms with van der Waals surface area (Å²) in [5.74, 6) is 2.15. The van der Waals surface area contributed by atoms with Crippen molar-refractivity contribution >= 4 is 35.1 Å². The molecule has 0 saturated heterocycles. The molecule has 0 spiro atoms. The number of nitrogens with zero attached hydrogens (tertiary/aromatic N) is 3. The number of halogens is 1. The lowest BCUT2D eigenvalue weighted by Gasteiger charge is -2.21. The standard InChI is InChI=1S/C16H13ClN4O.C2H6/c17-15-12(18)2-1-3-14(15)22-10-4-5-13-11(8-10)16-19-6-7-21(16)9-20-13;1-2/h1-5,8-9H,6-7,18H2;1-2H3. The molecular formula is C18H19ClN4O. The maximum atomic E-state index is 6.17. The van der Waals surface area contributed by atoms with Gasteiger partial charge in [0.1, 0.15) is 22.4 Å². The van der Waals surface area contributed by atoms with Crippen LogP contribution in [0, 0.1) is 0 Å². The average Bonchev–Trinajstić information content (AvgIpc) is 3.10. The maximum absolute atomic E-state index is 6.17. The number of hydrogen-bond acceptors (Lipinski definition) is 5. The highest BCUT2D eigenvalue weighted by Gasteiger charge is 2.23. The van der Waals surface area contributed by atoms with Gasteiger partial charge in [-0.25, -0.2) is 4.99 Å². The summed E-state index contributed by atoms with van der Waals surface area (Å²) in [6, 6.07) is 11.0. The molecule has 2 N–H and O–H groups in total. The Kier molecular flexibility index (Phi) is 4.71. The van der Waals surface area contributed by atoms with Crippen LogP contribution < -0.4 is 10.5 Å². The molecule has 0 unspecified atom stereocenters. The Hall–Kier alpha value is -2.53. The van der Waals surface area contributed by atoms with Gasteiger partial charge in [0, 0.05) is 12.1 Å². The molecule has 0 aliphatic carbocycles. The van der Waals surface area contributed by atoms with E-state index in [-0.39, 0.29) is 0 Å². The minimum atomic E-state index is 0.415. The van der Waals surface area contributed by atoms with Crippen LogP contribution in [0.5, 0.6) is 11.5 Å². The van der Waals surface area contributed by atoms with Gasteiger partial charge < -0.3 is 15.4 Å². The number of nitrogen functional groups attached to an aromatic ring is 1. The molecule has 5 nitrogen and oxygen atoms in total. The maximum Gasteiger partial charge on any atom is 0.148 e.